The second kappa shape index (κ2) is 7.22. The fourth-order valence-electron chi connectivity index (χ4n) is 3.16. The first-order valence-electron chi connectivity index (χ1n) is 8.88. The number of nitrogens with one attached hydrogen (secondary N) is 1. The number of benzene rings is 1. The molecule has 0 aliphatic carbocycles. The second-order valence-electron chi connectivity index (χ2n) is 6.59. The minimum atomic E-state index is -0.212. The van der Waals surface area contributed by atoms with Crippen molar-refractivity contribution in [2.75, 3.05) is 41.3 Å². The van der Waals surface area contributed by atoms with Crippen molar-refractivity contribution in [1.82, 2.24) is 15.1 Å². The second-order valence-corrected chi connectivity index (χ2v) is 6.59. The molecule has 0 amide bonds. The number of nitrogens with zero attached hydrogens (tertiary/aromatic N) is 5. The van der Waals surface area contributed by atoms with Crippen LogP contribution in [0, 0.1) is 19.7 Å². The van der Waals surface area contributed by atoms with Gasteiger partial charge in [0.2, 0.25) is 5.95 Å². The van der Waals surface area contributed by atoms with Gasteiger partial charge in [0.05, 0.1) is 0 Å². The van der Waals surface area contributed by atoms with Crippen LogP contribution in [-0.4, -0.2) is 41.3 Å². The number of piperazine rings is 1. The molecule has 4 rings (SSSR count). The predicted molar refractivity (Wildman–Crippen MR) is 102 cm³/mol. The molecule has 2 aromatic heterocycles. The maximum absolute atomic E-state index is 13.1. The van der Waals surface area contributed by atoms with Crippen LogP contribution in [0.5, 0.6) is 0 Å². The van der Waals surface area contributed by atoms with E-state index in [1.54, 1.807) is 6.07 Å². The molecular weight excluding hydrogens is 347 g/mol. The summed E-state index contributed by atoms with van der Waals surface area (Å²) in [5, 5.41) is 7.00. The van der Waals surface area contributed by atoms with Crippen molar-refractivity contribution >= 4 is 23.3 Å². The number of hydrogen-bond donors (Lipinski definition) is 1. The quantitative estimate of drug-likeness (QED) is 0.758. The van der Waals surface area contributed by atoms with Gasteiger partial charge in [-0.15, -0.1) is 0 Å². The average molecular weight is 368 g/mol. The fraction of sp³-hybridized carbons (Fsp3) is 0.316. The molecule has 1 aliphatic rings. The van der Waals surface area contributed by atoms with Gasteiger partial charge >= 0.3 is 0 Å². The van der Waals surface area contributed by atoms with Crippen molar-refractivity contribution in [1.29, 1.82) is 0 Å². The Labute approximate surface area is 156 Å². The minimum Gasteiger partial charge on any atom is -0.368 e. The maximum Gasteiger partial charge on any atom is 0.230 e. The summed E-state index contributed by atoms with van der Waals surface area (Å²) in [5.41, 5.74) is 1.92. The van der Waals surface area contributed by atoms with Crippen LogP contribution >= 0.6 is 0 Å². The van der Waals surface area contributed by atoms with Gasteiger partial charge in [-0.2, -0.15) is 4.98 Å². The molecule has 140 valence electrons. The molecule has 0 bridgehead atoms. The summed E-state index contributed by atoms with van der Waals surface area (Å²) in [6.07, 6.45) is 0. The Bertz CT molecular complexity index is 918. The van der Waals surface area contributed by atoms with E-state index in [1.807, 2.05) is 32.0 Å². The maximum atomic E-state index is 13.1. The number of hydrogen-bond acceptors (Lipinski definition) is 7. The number of anilines is 4. The van der Waals surface area contributed by atoms with Gasteiger partial charge in [0, 0.05) is 49.7 Å². The molecule has 1 aromatic carbocycles. The predicted octanol–water partition coefficient (Wildman–Crippen LogP) is 3.29. The van der Waals surface area contributed by atoms with Crippen LogP contribution in [0.25, 0.3) is 0 Å². The number of aromatic nitrogens is 3. The van der Waals surface area contributed by atoms with Crippen molar-refractivity contribution in [3.63, 3.8) is 0 Å². The third-order valence-corrected chi connectivity index (χ3v) is 4.50. The molecule has 3 aromatic rings. The molecule has 27 heavy (non-hydrogen) atoms. The molecule has 0 unspecified atom stereocenters. The van der Waals surface area contributed by atoms with E-state index >= 15 is 0 Å². The first kappa shape index (κ1) is 17.3. The van der Waals surface area contributed by atoms with Gasteiger partial charge in [-0.05, 0) is 38.1 Å². The van der Waals surface area contributed by atoms with E-state index in [4.69, 9.17) is 4.52 Å². The normalized spacial score (nSPS) is 14.5. The Balaban J connectivity index is 1.45. The van der Waals surface area contributed by atoms with Gasteiger partial charge in [0.1, 0.15) is 17.4 Å². The van der Waals surface area contributed by atoms with Crippen molar-refractivity contribution in [3.8, 4) is 0 Å². The minimum absolute atomic E-state index is 0.212. The third-order valence-electron chi connectivity index (χ3n) is 4.50. The van der Waals surface area contributed by atoms with E-state index in [0.717, 1.165) is 49.1 Å². The standard InChI is InChI=1S/C19H21FN6O/c1-13-11-18(23-19(21-13)22-17-12-14(2)27-24-17)26-9-7-25(8-10-26)16-5-3-15(20)4-6-16/h3-6,11-12H,7-10H2,1-2H3,(H,21,22,23,24). The number of aryl methyl sites for hydroxylation is 2. The Kier molecular flexibility index (Phi) is 4.62. The molecule has 1 aliphatic heterocycles. The van der Waals surface area contributed by atoms with Crippen LogP contribution < -0.4 is 15.1 Å². The van der Waals surface area contributed by atoms with Crippen molar-refractivity contribution in [2.45, 2.75) is 13.8 Å². The lowest BCUT2D eigenvalue weighted by Gasteiger charge is -2.36. The highest BCUT2D eigenvalue weighted by atomic mass is 19.1. The van der Waals surface area contributed by atoms with Crippen LogP contribution in [0.4, 0.5) is 27.7 Å². The molecule has 0 saturated carbocycles. The van der Waals surface area contributed by atoms with Gasteiger partial charge in [-0.25, -0.2) is 9.37 Å². The number of rotatable bonds is 4. The monoisotopic (exact) mass is 368 g/mol. The smallest absolute Gasteiger partial charge is 0.230 e. The Morgan fingerprint density at radius 3 is 2.33 bits per heavy atom. The van der Waals surface area contributed by atoms with Crippen LogP contribution in [-0.2, 0) is 0 Å². The highest BCUT2D eigenvalue weighted by Gasteiger charge is 2.19. The van der Waals surface area contributed by atoms with Crippen molar-refractivity contribution < 1.29 is 8.91 Å². The topological polar surface area (TPSA) is 70.3 Å². The molecule has 7 nitrogen and oxygen atoms in total. The van der Waals surface area contributed by atoms with E-state index in [-0.39, 0.29) is 5.82 Å². The van der Waals surface area contributed by atoms with E-state index in [1.165, 1.54) is 12.1 Å². The lowest BCUT2D eigenvalue weighted by Crippen LogP contribution is -2.46. The zero-order valence-corrected chi connectivity index (χ0v) is 15.3. The summed E-state index contributed by atoms with van der Waals surface area (Å²) in [6.45, 7) is 7.13. The van der Waals surface area contributed by atoms with Gasteiger partial charge in [0.25, 0.3) is 0 Å². The summed E-state index contributed by atoms with van der Waals surface area (Å²) in [4.78, 5) is 13.5. The molecular formula is C19H21FN6O. The SMILES string of the molecule is Cc1cc(N2CCN(c3ccc(F)cc3)CC2)nc(Nc2cc(C)on2)n1. The fourth-order valence-corrected chi connectivity index (χ4v) is 3.16. The average Bonchev–Trinajstić information content (AvgIpc) is 3.07. The van der Waals surface area contributed by atoms with Crippen LogP contribution in [0.3, 0.4) is 0 Å². The Hall–Kier alpha value is -3.16. The zero-order chi connectivity index (χ0) is 18.8. The lowest BCUT2D eigenvalue weighted by atomic mass is 10.2. The van der Waals surface area contributed by atoms with Crippen LogP contribution in [0.1, 0.15) is 11.5 Å². The van der Waals surface area contributed by atoms with Crippen molar-refractivity contribution in [3.05, 3.63) is 53.7 Å². The number of halogens is 1. The molecule has 8 heteroatoms. The molecule has 0 radical (unpaired) electrons. The summed E-state index contributed by atoms with van der Waals surface area (Å²) < 4.78 is 18.2. The van der Waals surface area contributed by atoms with Crippen LogP contribution in [0.15, 0.2) is 40.9 Å². The highest BCUT2D eigenvalue weighted by Crippen LogP contribution is 2.22. The van der Waals surface area contributed by atoms with Gasteiger partial charge < -0.3 is 19.6 Å². The van der Waals surface area contributed by atoms with Gasteiger partial charge in [-0.1, -0.05) is 5.16 Å². The third kappa shape index (κ3) is 3.99. The molecule has 3 heterocycles. The molecule has 0 atom stereocenters. The molecule has 0 spiro atoms. The first-order valence-corrected chi connectivity index (χ1v) is 8.88. The van der Waals surface area contributed by atoms with E-state index < -0.39 is 0 Å². The van der Waals surface area contributed by atoms with Crippen LogP contribution in [0.2, 0.25) is 0 Å². The van der Waals surface area contributed by atoms with Crippen molar-refractivity contribution in [2.24, 2.45) is 0 Å². The van der Waals surface area contributed by atoms with E-state index in [9.17, 15) is 4.39 Å². The summed E-state index contributed by atoms with van der Waals surface area (Å²) in [6, 6.07) is 10.4. The van der Waals surface area contributed by atoms with Gasteiger partial charge in [-0.3, -0.25) is 0 Å². The van der Waals surface area contributed by atoms with E-state index in [2.05, 4.69) is 30.2 Å². The molecule has 1 saturated heterocycles. The summed E-state index contributed by atoms with van der Waals surface area (Å²) >= 11 is 0. The summed E-state index contributed by atoms with van der Waals surface area (Å²) in [7, 11) is 0. The molecule has 1 fully saturated rings. The Morgan fingerprint density at radius 1 is 0.963 bits per heavy atom. The highest BCUT2D eigenvalue weighted by molar-refractivity contribution is 5.53. The largest absolute Gasteiger partial charge is 0.368 e. The summed E-state index contributed by atoms with van der Waals surface area (Å²) in [5.74, 6) is 2.48. The van der Waals surface area contributed by atoms with Gasteiger partial charge in [0.15, 0.2) is 5.82 Å². The Morgan fingerprint density at radius 2 is 1.67 bits per heavy atom. The van der Waals surface area contributed by atoms with E-state index in [0.29, 0.717) is 11.8 Å². The zero-order valence-electron chi connectivity index (χ0n) is 15.3. The lowest BCUT2D eigenvalue weighted by molar-refractivity contribution is 0.400. The first-order chi connectivity index (χ1) is 13.1. The molecule has 1 N–H and O–H groups in total.